The van der Waals surface area contributed by atoms with Crippen molar-refractivity contribution < 1.29 is 24.2 Å². The normalized spacial score (nSPS) is 12.6. The Bertz CT molecular complexity index is 830. The Labute approximate surface area is 388 Å². The number of esters is 2. The molecule has 6 heteroatoms. The van der Waals surface area contributed by atoms with Crippen molar-refractivity contribution in [3.8, 4) is 0 Å². The van der Waals surface area contributed by atoms with Gasteiger partial charge < -0.3 is 19.5 Å². The van der Waals surface area contributed by atoms with Crippen molar-refractivity contribution in [3.05, 3.63) is 0 Å². The Balaban J connectivity index is 4.36. The molecule has 0 bridgehead atoms. The lowest BCUT2D eigenvalue weighted by Crippen LogP contribution is -2.29. The van der Waals surface area contributed by atoms with Gasteiger partial charge in [-0.05, 0) is 76.3 Å². The molecule has 0 saturated heterocycles. The van der Waals surface area contributed by atoms with Gasteiger partial charge in [0.15, 0.2) is 0 Å². The molecule has 0 heterocycles. The third-order valence-electron chi connectivity index (χ3n) is 13.5. The van der Waals surface area contributed by atoms with Gasteiger partial charge in [0.25, 0.3) is 0 Å². The summed E-state index contributed by atoms with van der Waals surface area (Å²) >= 11 is 0. The van der Waals surface area contributed by atoms with E-state index in [1.54, 1.807) is 0 Å². The van der Waals surface area contributed by atoms with Gasteiger partial charge in [0, 0.05) is 19.4 Å². The van der Waals surface area contributed by atoms with Crippen molar-refractivity contribution in [1.82, 2.24) is 4.90 Å². The maximum Gasteiger partial charge on any atom is 0.305 e. The summed E-state index contributed by atoms with van der Waals surface area (Å²) in [5, 5.41) is 9.69. The van der Waals surface area contributed by atoms with Crippen LogP contribution in [0.4, 0.5) is 0 Å². The van der Waals surface area contributed by atoms with Crippen molar-refractivity contribution in [2.24, 2.45) is 11.8 Å². The summed E-state index contributed by atoms with van der Waals surface area (Å²) < 4.78 is 11.7. The van der Waals surface area contributed by atoms with Crippen LogP contribution in [0.25, 0.3) is 0 Å². The van der Waals surface area contributed by atoms with Gasteiger partial charge >= 0.3 is 11.9 Å². The molecule has 0 aromatic heterocycles. The van der Waals surface area contributed by atoms with E-state index >= 15 is 0 Å². The van der Waals surface area contributed by atoms with Gasteiger partial charge in [-0.3, -0.25) is 9.59 Å². The molecule has 0 saturated carbocycles. The fourth-order valence-electron chi connectivity index (χ4n) is 9.14. The summed E-state index contributed by atoms with van der Waals surface area (Å²) in [6, 6.07) is 0. The molecule has 370 valence electrons. The molecule has 0 aliphatic carbocycles. The highest BCUT2D eigenvalue weighted by Gasteiger charge is 2.15. The summed E-state index contributed by atoms with van der Waals surface area (Å²) in [4.78, 5) is 27.8. The molecular formula is C56H111NO5. The van der Waals surface area contributed by atoms with E-state index in [2.05, 4.69) is 32.6 Å². The second-order valence-corrected chi connectivity index (χ2v) is 19.6. The Kier molecular flexibility index (Phi) is 49.9. The Morgan fingerprint density at radius 1 is 0.355 bits per heavy atom. The van der Waals surface area contributed by atoms with Crippen LogP contribution in [0.15, 0.2) is 0 Å². The predicted molar refractivity (Wildman–Crippen MR) is 269 cm³/mol. The first-order chi connectivity index (χ1) is 30.5. The maximum atomic E-state index is 12.7. The fraction of sp³-hybridized carbons (Fsp3) is 0.964. The molecule has 6 nitrogen and oxygen atoms in total. The second-order valence-electron chi connectivity index (χ2n) is 19.6. The number of carbonyl (C=O) groups excluding carboxylic acids is 2. The second kappa shape index (κ2) is 50.9. The Morgan fingerprint density at radius 2 is 0.613 bits per heavy atom. The highest BCUT2D eigenvalue weighted by Crippen LogP contribution is 2.22. The average Bonchev–Trinajstić information content (AvgIpc) is 3.27. The van der Waals surface area contributed by atoms with Crippen LogP contribution in [0.5, 0.6) is 0 Å². The monoisotopic (exact) mass is 878 g/mol. The molecule has 2 atom stereocenters. The van der Waals surface area contributed by atoms with E-state index in [0.717, 1.165) is 51.6 Å². The first-order valence-corrected chi connectivity index (χ1v) is 28.1. The van der Waals surface area contributed by atoms with Crippen molar-refractivity contribution in [2.75, 3.05) is 39.5 Å². The van der Waals surface area contributed by atoms with Gasteiger partial charge in [-0.25, -0.2) is 0 Å². The number of aliphatic hydroxyl groups excluding tert-OH is 1. The van der Waals surface area contributed by atoms with E-state index in [9.17, 15) is 14.7 Å². The zero-order valence-electron chi connectivity index (χ0n) is 42.6. The SMILES string of the molecule is CCCCCCCCCCCC(CCCCCCCC)COC(=O)CCCCCN(CCO)CCCCCC(=O)OCC(CCCCCCCC)CCCCCCCCCCC. The number of rotatable bonds is 52. The van der Waals surface area contributed by atoms with Crippen LogP contribution in [0, 0.1) is 11.8 Å². The van der Waals surface area contributed by atoms with Crippen LogP contribution in [0.1, 0.15) is 297 Å². The van der Waals surface area contributed by atoms with Crippen LogP contribution < -0.4 is 0 Å². The van der Waals surface area contributed by atoms with Crippen LogP contribution in [0.3, 0.4) is 0 Å². The minimum atomic E-state index is -0.0251. The minimum Gasteiger partial charge on any atom is -0.465 e. The number of nitrogens with zero attached hydrogens (tertiary/aromatic N) is 1. The number of carbonyl (C=O) groups is 2. The number of aliphatic hydroxyl groups is 1. The van der Waals surface area contributed by atoms with Gasteiger partial charge in [0.2, 0.25) is 0 Å². The number of hydrogen-bond acceptors (Lipinski definition) is 6. The Hall–Kier alpha value is -1.14. The van der Waals surface area contributed by atoms with E-state index in [-0.39, 0.29) is 18.5 Å². The van der Waals surface area contributed by atoms with Crippen molar-refractivity contribution in [3.63, 3.8) is 0 Å². The van der Waals surface area contributed by atoms with Gasteiger partial charge in [-0.15, -0.1) is 0 Å². The van der Waals surface area contributed by atoms with Crippen LogP contribution in [-0.4, -0.2) is 61.4 Å². The Morgan fingerprint density at radius 3 is 0.887 bits per heavy atom. The summed E-state index contributed by atoms with van der Waals surface area (Å²) in [5.74, 6) is 0.975. The summed E-state index contributed by atoms with van der Waals surface area (Å²) in [7, 11) is 0. The predicted octanol–water partition coefficient (Wildman–Crippen LogP) is 17.1. The molecule has 0 rings (SSSR count). The lowest BCUT2D eigenvalue weighted by atomic mass is 9.94. The molecule has 0 aliphatic heterocycles. The molecule has 0 aromatic rings. The van der Waals surface area contributed by atoms with E-state index < -0.39 is 0 Å². The molecule has 0 aromatic carbocycles. The topological polar surface area (TPSA) is 76.1 Å². The third kappa shape index (κ3) is 45.4. The smallest absolute Gasteiger partial charge is 0.305 e. The standard InChI is InChI=1S/C56H111NO5/c1-5-9-13-17-21-23-25-29-35-43-53(41-33-27-19-15-11-7-3)51-61-55(59)45-37-31-39-47-57(49-50-58)48-40-32-38-46-56(60)62-52-54(42-34-28-20-16-12-8-4)44-36-30-26-24-22-18-14-10-6-2/h53-54,58H,5-52H2,1-4H3. The highest BCUT2D eigenvalue weighted by molar-refractivity contribution is 5.69. The minimum absolute atomic E-state index is 0.0251. The highest BCUT2D eigenvalue weighted by atomic mass is 16.5. The van der Waals surface area contributed by atoms with Gasteiger partial charge in [0.1, 0.15) is 0 Å². The van der Waals surface area contributed by atoms with E-state index in [0.29, 0.717) is 44.4 Å². The van der Waals surface area contributed by atoms with Gasteiger partial charge in [-0.1, -0.05) is 233 Å². The van der Waals surface area contributed by atoms with E-state index in [1.165, 1.54) is 218 Å². The fourth-order valence-corrected chi connectivity index (χ4v) is 9.14. The van der Waals surface area contributed by atoms with Gasteiger partial charge in [-0.2, -0.15) is 0 Å². The summed E-state index contributed by atoms with van der Waals surface area (Å²) in [5.41, 5.74) is 0. The molecule has 0 fully saturated rings. The molecule has 0 amide bonds. The largest absolute Gasteiger partial charge is 0.465 e. The first-order valence-electron chi connectivity index (χ1n) is 28.1. The lowest BCUT2D eigenvalue weighted by molar-refractivity contribution is -0.146. The number of hydrogen-bond donors (Lipinski definition) is 1. The quantitative estimate of drug-likeness (QED) is 0.0485. The molecular weight excluding hydrogens is 767 g/mol. The molecule has 0 radical (unpaired) electrons. The van der Waals surface area contributed by atoms with E-state index in [1.807, 2.05) is 0 Å². The summed E-state index contributed by atoms with van der Waals surface area (Å²) in [6.07, 6.45) is 51.7. The molecule has 0 spiro atoms. The molecule has 62 heavy (non-hydrogen) atoms. The molecule has 1 N–H and O–H groups in total. The summed E-state index contributed by atoms with van der Waals surface area (Å²) in [6.45, 7) is 13.0. The van der Waals surface area contributed by atoms with Gasteiger partial charge in [0.05, 0.1) is 19.8 Å². The zero-order chi connectivity index (χ0) is 45.2. The van der Waals surface area contributed by atoms with Crippen molar-refractivity contribution >= 4 is 11.9 Å². The number of unbranched alkanes of at least 4 members (excludes halogenated alkanes) is 30. The first kappa shape index (κ1) is 60.9. The maximum absolute atomic E-state index is 12.7. The average molecular weight is 879 g/mol. The zero-order valence-corrected chi connectivity index (χ0v) is 42.6. The lowest BCUT2D eigenvalue weighted by Gasteiger charge is -2.21. The molecule has 2 unspecified atom stereocenters. The molecule has 0 aliphatic rings. The van der Waals surface area contributed by atoms with Crippen LogP contribution in [-0.2, 0) is 19.1 Å². The van der Waals surface area contributed by atoms with Crippen LogP contribution in [0.2, 0.25) is 0 Å². The van der Waals surface area contributed by atoms with Crippen LogP contribution >= 0.6 is 0 Å². The van der Waals surface area contributed by atoms with Crippen molar-refractivity contribution in [2.45, 2.75) is 297 Å². The third-order valence-corrected chi connectivity index (χ3v) is 13.5. The number of ether oxygens (including phenoxy) is 2. The van der Waals surface area contributed by atoms with Crippen molar-refractivity contribution in [1.29, 1.82) is 0 Å². The van der Waals surface area contributed by atoms with E-state index in [4.69, 9.17) is 9.47 Å².